The van der Waals surface area contributed by atoms with E-state index < -0.39 is 5.97 Å². The first-order valence-electron chi connectivity index (χ1n) is 9.85. The zero-order valence-corrected chi connectivity index (χ0v) is 16.7. The van der Waals surface area contributed by atoms with Gasteiger partial charge >= 0.3 is 12.0 Å². The molecule has 1 fully saturated rings. The fraction of sp³-hybridized carbons (Fsp3) is 0.600. The summed E-state index contributed by atoms with van der Waals surface area (Å²) >= 11 is 0. The molecule has 1 aliphatic rings. The quantitative estimate of drug-likeness (QED) is 0.684. The predicted octanol–water partition coefficient (Wildman–Crippen LogP) is 3.67. The number of carbonyl (C=O) groups is 1. The average Bonchev–Trinajstić information content (AvgIpc) is 3.16. The minimum atomic E-state index is -0.969. The molecule has 1 N–H and O–H groups in total. The van der Waals surface area contributed by atoms with E-state index in [2.05, 4.69) is 33.9 Å². The van der Waals surface area contributed by atoms with Crippen LogP contribution in [0.5, 0.6) is 5.88 Å². The first kappa shape index (κ1) is 20.1. The topological polar surface area (TPSA) is 102 Å². The van der Waals surface area contributed by atoms with Crippen molar-refractivity contribution < 1.29 is 19.2 Å². The molecule has 0 amide bonds. The first-order chi connectivity index (χ1) is 13.4. The third kappa shape index (κ3) is 4.99. The molecule has 0 unspecified atom stereocenters. The van der Waals surface area contributed by atoms with Gasteiger partial charge in [0.1, 0.15) is 0 Å². The molecule has 28 heavy (non-hydrogen) atoms. The lowest BCUT2D eigenvalue weighted by Gasteiger charge is -2.30. The fourth-order valence-electron chi connectivity index (χ4n) is 3.38. The summed E-state index contributed by atoms with van der Waals surface area (Å²) in [6.45, 7) is 8.31. The number of aromatic carboxylic acids is 1. The molecule has 1 saturated heterocycles. The first-order valence-corrected chi connectivity index (χ1v) is 9.85. The number of rotatable bonds is 8. The van der Waals surface area contributed by atoms with Gasteiger partial charge in [-0.25, -0.2) is 9.78 Å². The van der Waals surface area contributed by atoms with Gasteiger partial charge in [-0.1, -0.05) is 19.0 Å². The number of piperidine rings is 1. The van der Waals surface area contributed by atoms with Gasteiger partial charge in [-0.15, -0.1) is 0 Å². The monoisotopic (exact) mass is 388 g/mol. The van der Waals surface area contributed by atoms with Gasteiger partial charge in [0.2, 0.25) is 5.88 Å². The molecule has 2 aromatic heterocycles. The Hall–Kier alpha value is -2.64. The summed E-state index contributed by atoms with van der Waals surface area (Å²) in [6, 6.07) is 2.31. The van der Waals surface area contributed by atoms with Crippen molar-refractivity contribution in [2.24, 2.45) is 5.92 Å². The van der Waals surface area contributed by atoms with Gasteiger partial charge in [-0.3, -0.25) is 0 Å². The number of ether oxygens (including phenoxy) is 1. The molecule has 0 radical (unpaired) electrons. The van der Waals surface area contributed by atoms with E-state index in [0.717, 1.165) is 44.6 Å². The maximum absolute atomic E-state index is 11.0. The average molecular weight is 388 g/mol. The number of hydrogen-bond donors (Lipinski definition) is 1. The van der Waals surface area contributed by atoms with Crippen LogP contribution in [0.2, 0.25) is 0 Å². The summed E-state index contributed by atoms with van der Waals surface area (Å²) < 4.78 is 11.1. The van der Waals surface area contributed by atoms with Crippen molar-refractivity contribution in [1.29, 1.82) is 0 Å². The second-order valence-corrected chi connectivity index (χ2v) is 7.65. The molecule has 2 aromatic rings. The zero-order chi connectivity index (χ0) is 20.1. The standard InChI is InChI=1S/C20H28N4O4/c1-13(2)18-22-20(28-23-18)24-8-6-15(7-9-24)5-4-10-27-17-11-14(3)16(12-21-17)19(25)26/h11-13,15H,4-10H2,1-3H3,(H,25,26). The summed E-state index contributed by atoms with van der Waals surface area (Å²) in [7, 11) is 0. The van der Waals surface area contributed by atoms with Crippen LogP contribution in [-0.2, 0) is 0 Å². The Morgan fingerprint density at radius 2 is 2.14 bits per heavy atom. The fourth-order valence-corrected chi connectivity index (χ4v) is 3.38. The number of carboxylic acid groups (broad SMARTS) is 1. The van der Waals surface area contributed by atoms with E-state index in [4.69, 9.17) is 14.4 Å². The molecule has 0 atom stereocenters. The molecule has 8 heteroatoms. The maximum atomic E-state index is 11.0. The summed E-state index contributed by atoms with van der Waals surface area (Å²) in [5.41, 5.74) is 0.868. The van der Waals surface area contributed by atoms with Crippen LogP contribution >= 0.6 is 0 Å². The van der Waals surface area contributed by atoms with Crippen molar-refractivity contribution in [1.82, 2.24) is 15.1 Å². The maximum Gasteiger partial charge on any atom is 0.337 e. The SMILES string of the molecule is Cc1cc(OCCCC2CCN(c3nc(C(C)C)no3)CC2)ncc1C(=O)O. The smallest absolute Gasteiger partial charge is 0.337 e. The van der Waals surface area contributed by atoms with E-state index in [-0.39, 0.29) is 11.5 Å². The molecule has 1 aliphatic heterocycles. The zero-order valence-electron chi connectivity index (χ0n) is 16.7. The van der Waals surface area contributed by atoms with E-state index in [1.807, 2.05) is 0 Å². The van der Waals surface area contributed by atoms with E-state index in [9.17, 15) is 4.79 Å². The van der Waals surface area contributed by atoms with Crippen molar-refractivity contribution in [3.63, 3.8) is 0 Å². The van der Waals surface area contributed by atoms with Crippen LogP contribution in [0.1, 0.15) is 67.2 Å². The molecule has 0 saturated carbocycles. The van der Waals surface area contributed by atoms with Gasteiger partial charge in [0.25, 0.3) is 0 Å². The van der Waals surface area contributed by atoms with E-state index in [1.165, 1.54) is 6.20 Å². The Bertz CT molecular complexity index is 797. The van der Waals surface area contributed by atoms with E-state index >= 15 is 0 Å². The molecular formula is C20H28N4O4. The Morgan fingerprint density at radius 1 is 1.39 bits per heavy atom. The van der Waals surface area contributed by atoms with Crippen LogP contribution in [0, 0.1) is 12.8 Å². The van der Waals surface area contributed by atoms with Crippen LogP contribution in [0.3, 0.4) is 0 Å². The van der Waals surface area contributed by atoms with Crippen molar-refractivity contribution in [3.8, 4) is 5.88 Å². The number of nitrogens with zero attached hydrogens (tertiary/aromatic N) is 4. The van der Waals surface area contributed by atoms with Crippen LogP contribution in [-0.4, -0.2) is 45.9 Å². The normalized spacial score (nSPS) is 15.2. The Labute approximate surface area is 164 Å². The highest BCUT2D eigenvalue weighted by Gasteiger charge is 2.23. The van der Waals surface area contributed by atoms with Crippen molar-refractivity contribution in [3.05, 3.63) is 29.2 Å². The molecule has 0 spiro atoms. The summed E-state index contributed by atoms with van der Waals surface area (Å²) in [4.78, 5) is 21.7. The van der Waals surface area contributed by atoms with Gasteiger partial charge in [0.05, 0.1) is 12.2 Å². The van der Waals surface area contributed by atoms with Crippen LogP contribution in [0.15, 0.2) is 16.8 Å². The number of aryl methyl sites for hydroxylation is 1. The number of anilines is 1. The van der Waals surface area contributed by atoms with Gasteiger partial charge in [0, 0.05) is 31.3 Å². The molecule has 0 aromatic carbocycles. The summed E-state index contributed by atoms with van der Waals surface area (Å²) in [6.07, 6.45) is 5.60. The van der Waals surface area contributed by atoms with Gasteiger partial charge in [0.15, 0.2) is 5.82 Å². The van der Waals surface area contributed by atoms with Crippen molar-refractivity contribution in [2.75, 3.05) is 24.6 Å². The summed E-state index contributed by atoms with van der Waals surface area (Å²) in [5.74, 6) is 1.21. The second kappa shape index (κ2) is 9.03. The van der Waals surface area contributed by atoms with Gasteiger partial charge < -0.3 is 19.3 Å². The second-order valence-electron chi connectivity index (χ2n) is 7.65. The van der Waals surface area contributed by atoms with Gasteiger partial charge in [-0.2, -0.15) is 4.98 Å². The Balaban J connectivity index is 1.37. The van der Waals surface area contributed by atoms with Crippen LogP contribution in [0.25, 0.3) is 0 Å². The molecule has 3 rings (SSSR count). The third-order valence-electron chi connectivity index (χ3n) is 5.16. The largest absolute Gasteiger partial charge is 0.478 e. The van der Waals surface area contributed by atoms with Crippen molar-refractivity contribution in [2.45, 2.75) is 52.4 Å². The highest BCUT2D eigenvalue weighted by molar-refractivity contribution is 5.88. The van der Waals surface area contributed by atoms with E-state index in [1.54, 1.807) is 13.0 Å². The van der Waals surface area contributed by atoms with Crippen LogP contribution in [0.4, 0.5) is 6.01 Å². The third-order valence-corrected chi connectivity index (χ3v) is 5.16. The predicted molar refractivity (Wildman–Crippen MR) is 104 cm³/mol. The molecule has 8 nitrogen and oxygen atoms in total. The lowest BCUT2D eigenvalue weighted by Crippen LogP contribution is -2.34. The lowest BCUT2D eigenvalue weighted by atomic mass is 9.92. The highest BCUT2D eigenvalue weighted by atomic mass is 16.5. The minimum absolute atomic E-state index is 0.209. The van der Waals surface area contributed by atoms with Gasteiger partial charge in [-0.05, 0) is 44.1 Å². The van der Waals surface area contributed by atoms with Crippen molar-refractivity contribution >= 4 is 12.0 Å². The lowest BCUT2D eigenvalue weighted by molar-refractivity contribution is 0.0695. The highest BCUT2D eigenvalue weighted by Crippen LogP contribution is 2.26. The Morgan fingerprint density at radius 3 is 2.75 bits per heavy atom. The molecule has 0 bridgehead atoms. The number of aromatic nitrogens is 3. The minimum Gasteiger partial charge on any atom is -0.478 e. The number of hydrogen-bond acceptors (Lipinski definition) is 7. The molecule has 0 aliphatic carbocycles. The number of carboxylic acids is 1. The molecule has 152 valence electrons. The van der Waals surface area contributed by atoms with E-state index in [0.29, 0.717) is 30.0 Å². The molecular weight excluding hydrogens is 360 g/mol. The molecule has 3 heterocycles. The van der Waals surface area contributed by atoms with Crippen LogP contribution < -0.4 is 9.64 Å². The summed E-state index contributed by atoms with van der Waals surface area (Å²) in [5, 5.41) is 13.1. The Kier molecular flexibility index (Phi) is 6.49. The number of pyridine rings is 1.